The lowest BCUT2D eigenvalue weighted by atomic mass is 9.88. The van der Waals surface area contributed by atoms with Crippen molar-refractivity contribution < 1.29 is 4.74 Å². The van der Waals surface area contributed by atoms with E-state index in [9.17, 15) is 0 Å². The van der Waals surface area contributed by atoms with Crippen LogP contribution in [0.5, 0.6) is 0 Å². The maximum atomic E-state index is 5.74. The normalized spacial score (nSPS) is 50.7. The second kappa shape index (κ2) is 2.59. The maximum absolute atomic E-state index is 5.74. The van der Waals surface area contributed by atoms with Crippen LogP contribution in [0, 0.1) is 17.8 Å². The van der Waals surface area contributed by atoms with Crippen LogP contribution < -0.4 is 0 Å². The summed E-state index contributed by atoms with van der Waals surface area (Å²) in [6.07, 6.45) is 10.8. The smallest absolute Gasteiger partial charge is 0.0581 e. The Morgan fingerprint density at radius 1 is 1.17 bits per heavy atom. The zero-order valence-electron chi connectivity index (χ0n) is 7.41. The third-order valence-corrected chi connectivity index (χ3v) is 3.76. The lowest BCUT2D eigenvalue weighted by Crippen LogP contribution is -2.16. The quantitative estimate of drug-likeness (QED) is 0.499. The Hall–Kier alpha value is -0.300. The van der Waals surface area contributed by atoms with Gasteiger partial charge in [0.25, 0.3) is 0 Å². The molecule has 3 aliphatic rings. The fraction of sp³-hybridized carbons (Fsp3) is 0.818. The van der Waals surface area contributed by atoms with Crippen molar-refractivity contribution in [2.75, 3.05) is 6.61 Å². The second-order valence-electron chi connectivity index (χ2n) is 4.62. The number of ether oxygens (including phenoxy) is 1. The maximum Gasteiger partial charge on any atom is 0.0581 e. The van der Waals surface area contributed by atoms with E-state index in [2.05, 4.69) is 12.2 Å². The summed E-state index contributed by atoms with van der Waals surface area (Å²) < 4.78 is 5.74. The first-order valence-electron chi connectivity index (χ1n) is 5.20. The number of hydrogen-bond acceptors (Lipinski definition) is 1. The minimum Gasteiger partial charge on any atom is -0.378 e. The molecular weight excluding hydrogens is 148 g/mol. The summed E-state index contributed by atoms with van der Waals surface area (Å²) in [4.78, 5) is 0. The predicted molar refractivity (Wildman–Crippen MR) is 47.8 cm³/mol. The number of hydrogen-bond donors (Lipinski definition) is 0. The molecule has 0 aromatic heterocycles. The minimum absolute atomic E-state index is 0.616. The average molecular weight is 164 g/mol. The molecule has 1 aliphatic heterocycles. The van der Waals surface area contributed by atoms with Crippen molar-refractivity contribution >= 4 is 0 Å². The van der Waals surface area contributed by atoms with E-state index in [1.54, 1.807) is 0 Å². The molecule has 2 bridgehead atoms. The van der Waals surface area contributed by atoms with Gasteiger partial charge in [0.05, 0.1) is 6.10 Å². The van der Waals surface area contributed by atoms with Gasteiger partial charge in [-0.2, -0.15) is 0 Å². The molecule has 4 atom stereocenters. The summed E-state index contributed by atoms with van der Waals surface area (Å²) in [6.45, 7) is 1.04. The average Bonchev–Trinajstić information content (AvgIpc) is 2.59. The zero-order chi connectivity index (χ0) is 7.97. The van der Waals surface area contributed by atoms with Crippen molar-refractivity contribution in [3.05, 3.63) is 12.2 Å². The molecule has 2 fully saturated rings. The molecule has 0 N–H and O–H groups in total. The third kappa shape index (κ3) is 1.03. The summed E-state index contributed by atoms with van der Waals surface area (Å²) in [5.74, 6) is 2.72. The molecule has 1 heterocycles. The largest absolute Gasteiger partial charge is 0.378 e. The Bertz CT molecular complexity index is 209. The lowest BCUT2D eigenvalue weighted by molar-refractivity contribution is 0.0705. The van der Waals surface area contributed by atoms with E-state index in [0.29, 0.717) is 6.10 Å². The van der Waals surface area contributed by atoms with Crippen molar-refractivity contribution in [3.8, 4) is 0 Å². The van der Waals surface area contributed by atoms with Gasteiger partial charge in [-0.3, -0.25) is 0 Å². The van der Waals surface area contributed by atoms with Crippen LogP contribution in [0.3, 0.4) is 0 Å². The number of rotatable bonds is 0. The molecule has 0 amide bonds. The van der Waals surface area contributed by atoms with Crippen molar-refractivity contribution in [2.45, 2.75) is 31.8 Å². The Balaban J connectivity index is 1.81. The van der Waals surface area contributed by atoms with Crippen molar-refractivity contribution in [1.29, 1.82) is 0 Å². The molecule has 0 unspecified atom stereocenters. The Kier molecular flexibility index (Phi) is 1.54. The first-order valence-corrected chi connectivity index (χ1v) is 5.20. The van der Waals surface area contributed by atoms with Gasteiger partial charge in [0, 0.05) is 6.61 Å². The molecule has 2 aliphatic carbocycles. The summed E-state index contributed by atoms with van der Waals surface area (Å²) >= 11 is 0. The van der Waals surface area contributed by atoms with E-state index in [1.807, 2.05) is 0 Å². The van der Waals surface area contributed by atoms with Gasteiger partial charge in [0.15, 0.2) is 0 Å². The molecule has 0 spiro atoms. The van der Waals surface area contributed by atoms with Gasteiger partial charge in [-0.1, -0.05) is 12.2 Å². The third-order valence-electron chi connectivity index (χ3n) is 3.76. The highest BCUT2D eigenvalue weighted by Gasteiger charge is 2.37. The van der Waals surface area contributed by atoms with Gasteiger partial charge >= 0.3 is 0 Å². The van der Waals surface area contributed by atoms with Crippen LogP contribution in [0.25, 0.3) is 0 Å². The molecule has 0 radical (unpaired) electrons. The summed E-state index contributed by atoms with van der Waals surface area (Å²) in [6, 6.07) is 0. The highest BCUT2D eigenvalue weighted by molar-refractivity contribution is 5.04. The molecule has 0 aromatic rings. The predicted octanol–water partition coefficient (Wildman–Crippen LogP) is 2.38. The SMILES string of the molecule is C1=C[C@@H]2C[C@H]3CO[C@H](C3)C[C@H]2C1. The highest BCUT2D eigenvalue weighted by atomic mass is 16.5. The van der Waals surface area contributed by atoms with E-state index in [4.69, 9.17) is 4.74 Å². The van der Waals surface area contributed by atoms with Crippen LogP contribution in [-0.2, 0) is 4.74 Å². The van der Waals surface area contributed by atoms with Crippen LogP contribution in [0.4, 0.5) is 0 Å². The van der Waals surface area contributed by atoms with E-state index in [-0.39, 0.29) is 0 Å². The van der Waals surface area contributed by atoms with Gasteiger partial charge in [-0.25, -0.2) is 0 Å². The molecule has 12 heavy (non-hydrogen) atoms. The molecule has 1 saturated carbocycles. The molecule has 3 rings (SSSR count). The Labute approximate surface area is 73.8 Å². The summed E-state index contributed by atoms with van der Waals surface area (Å²) in [5.41, 5.74) is 0. The Morgan fingerprint density at radius 2 is 2.17 bits per heavy atom. The number of fused-ring (bicyclic) bond motifs is 3. The molecule has 1 heteroatoms. The van der Waals surface area contributed by atoms with Gasteiger partial charge in [-0.05, 0) is 43.4 Å². The Morgan fingerprint density at radius 3 is 3.17 bits per heavy atom. The van der Waals surface area contributed by atoms with Gasteiger partial charge in [0.1, 0.15) is 0 Å². The van der Waals surface area contributed by atoms with Crippen molar-refractivity contribution in [3.63, 3.8) is 0 Å². The van der Waals surface area contributed by atoms with Crippen LogP contribution in [0.1, 0.15) is 25.7 Å². The monoisotopic (exact) mass is 164 g/mol. The van der Waals surface area contributed by atoms with Crippen LogP contribution in [0.15, 0.2) is 12.2 Å². The van der Waals surface area contributed by atoms with Gasteiger partial charge in [0.2, 0.25) is 0 Å². The topological polar surface area (TPSA) is 9.23 Å². The first-order chi connectivity index (χ1) is 5.92. The summed E-state index contributed by atoms with van der Waals surface area (Å²) in [7, 11) is 0. The molecule has 1 saturated heterocycles. The molecule has 0 aromatic carbocycles. The van der Waals surface area contributed by atoms with Gasteiger partial charge in [-0.15, -0.1) is 0 Å². The fourth-order valence-corrected chi connectivity index (χ4v) is 3.13. The summed E-state index contributed by atoms with van der Waals surface area (Å²) in [5, 5.41) is 0. The van der Waals surface area contributed by atoms with E-state index >= 15 is 0 Å². The van der Waals surface area contributed by atoms with Crippen molar-refractivity contribution in [2.24, 2.45) is 17.8 Å². The molecule has 1 nitrogen and oxygen atoms in total. The molecular formula is C11H16O. The lowest BCUT2D eigenvalue weighted by Gasteiger charge is -2.21. The van der Waals surface area contributed by atoms with Crippen LogP contribution in [-0.4, -0.2) is 12.7 Å². The molecule has 66 valence electrons. The van der Waals surface area contributed by atoms with Crippen LogP contribution in [0.2, 0.25) is 0 Å². The highest BCUT2D eigenvalue weighted by Crippen LogP contribution is 2.42. The zero-order valence-corrected chi connectivity index (χ0v) is 7.41. The second-order valence-corrected chi connectivity index (χ2v) is 4.62. The van der Waals surface area contributed by atoms with E-state index in [0.717, 1.165) is 24.4 Å². The van der Waals surface area contributed by atoms with Gasteiger partial charge < -0.3 is 4.74 Å². The van der Waals surface area contributed by atoms with Crippen LogP contribution >= 0.6 is 0 Å². The fourth-order valence-electron chi connectivity index (χ4n) is 3.13. The van der Waals surface area contributed by atoms with E-state index < -0.39 is 0 Å². The first kappa shape index (κ1) is 7.14. The van der Waals surface area contributed by atoms with Crippen molar-refractivity contribution in [1.82, 2.24) is 0 Å². The van der Waals surface area contributed by atoms with E-state index in [1.165, 1.54) is 25.7 Å². The number of allylic oxidation sites excluding steroid dienone is 2. The standard InChI is InChI=1S/C11H16O/c1-2-9-4-8-5-11(12-7-8)6-10(9)3-1/h1-2,8-11H,3-7H2/t8-,9-,10-,11-/m1/s1. The minimum atomic E-state index is 0.616.